The third kappa shape index (κ3) is 3.17. The number of amides is 1. The van der Waals surface area contributed by atoms with Gasteiger partial charge < -0.3 is 10.4 Å². The number of carboxylic acids is 1. The standard InChI is InChI=1S/C14H20N2O3S/c1-9-11(12(17)18)20-10(16-9)8-15-13(19)14(2)6-4-3-5-7-14/h3-8H2,1-2H3,(H,15,19)(H,17,18). The van der Waals surface area contributed by atoms with Gasteiger partial charge in [0.15, 0.2) is 0 Å². The highest BCUT2D eigenvalue weighted by atomic mass is 32.1. The first kappa shape index (κ1) is 15.0. The number of carboxylic acid groups (broad SMARTS) is 1. The topological polar surface area (TPSA) is 79.3 Å². The number of hydrogen-bond donors (Lipinski definition) is 2. The fourth-order valence-electron chi connectivity index (χ4n) is 2.65. The summed E-state index contributed by atoms with van der Waals surface area (Å²) in [5.74, 6) is -0.904. The van der Waals surface area contributed by atoms with Crippen LogP contribution in [0, 0.1) is 12.3 Å². The van der Waals surface area contributed by atoms with Crippen molar-refractivity contribution in [3.05, 3.63) is 15.6 Å². The summed E-state index contributed by atoms with van der Waals surface area (Å²) < 4.78 is 0. The number of nitrogens with zero attached hydrogens (tertiary/aromatic N) is 1. The Morgan fingerprint density at radius 3 is 2.55 bits per heavy atom. The van der Waals surface area contributed by atoms with E-state index in [1.54, 1.807) is 6.92 Å². The van der Waals surface area contributed by atoms with Crippen LogP contribution in [0.1, 0.15) is 59.4 Å². The van der Waals surface area contributed by atoms with Crippen molar-refractivity contribution >= 4 is 23.2 Å². The van der Waals surface area contributed by atoms with E-state index in [4.69, 9.17) is 5.11 Å². The number of carbonyl (C=O) groups is 2. The molecule has 1 fully saturated rings. The van der Waals surface area contributed by atoms with Crippen molar-refractivity contribution in [2.24, 2.45) is 5.41 Å². The van der Waals surface area contributed by atoms with Gasteiger partial charge >= 0.3 is 5.97 Å². The molecule has 1 aliphatic carbocycles. The first-order chi connectivity index (χ1) is 9.42. The Morgan fingerprint density at radius 1 is 1.35 bits per heavy atom. The first-order valence-electron chi connectivity index (χ1n) is 6.90. The van der Waals surface area contributed by atoms with Gasteiger partial charge in [-0.2, -0.15) is 0 Å². The molecule has 1 saturated carbocycles. The predicted octanol–water partition coefficient (Wildman–Crippen LogP) is 2.74. The maximum Gasteiger partial charge on any atom is 0.347 e. The summed E-state index contributed by atoms with van der Waals surface area (Å²) in [6.45, 7) is 4.00. The molecule has 0 aromatic carbocycles. The SMILES string of the molecule is Cc1nc(CNC(=O)C2(C)CCCCC2)sc1C(=O)O. The van der Waals surface area contributed by atoms with Gasteiger partial charge in [-0.25, -0.2) is 9.78 Å². The zero-order valence-corrected chi connectivity index (χ0v) is 12.7. The molecule has 1 amide bonds. The molecule has 0 aliphatic heterocycles. The Labute approximate surface area is 122 Å². The lowest BCUT2D eigenvalue weighted by atomic mass is 9.75. The molecule has 1 aliphatic rings. The van der Waals surface area contributed by atoms with Gasteiger partial charge in [-0.3, -0.25) is 4.79 Å². The third-order valence-electron chi connectivity index (χ3n) is 3.94. The van der Waals surface area contributed by atoms with Gasteiger partial charge in [-0.05, 0) is 19.8 Å². The molecule has 0 radical (unpaired) electrons. The summed E-state index contributed by atoms with van der Waals surface area (Å²) in [6.07, 6.45) is 5.26. The molecule has 6 heteroatoms. The Balaban J connectivity index is 1.96. The van der Waals surface area contributed by atoms with E-state index in [1.807, 2.05) is 6.92 Å². The minimum atomic E-state index is -0.961. The summed E-state index contributed by atoms with van der Waals surface area (Å²) in [4.78, 5) is 27.7. The van der Waals surface area contributed by atoms with E-state index in [1.165, 1.54) is 6.42 Å². The number of rotatable bonds is 4. The summed E-state index contributed by atoms with van der Waals surface area (Å²) in [7, 11) is 0. The van der Waals surface area contributed by atoms with Crippen LogP contribution in [-0.4, -0.2) is 22.0 Å². The van der Waals surface area contributed by atoms with Gasteiger partial charge in [-0.1, -0.05) is 26.2 Å². The summed E-state index contributed by atoms with van der Waals surface area (Å²) in [5, 5.41) is 12.5. The van der Waals surface area contributed by atoms with Crippen molar-refractivity contribution in [2.75, 3.05) is 0 Å². The van der Waals surface area contributed by atoms with Crippen LogP contribution >= 0.6 is 11.3 Å². The quantitative estimate of drug-likeness (QED) is 0.895. The molecule has 1 aromatic heterocycles. The molecule has 20 heavy (non-hydrogen) atoms. The highest BCUT2D eigenvalue weighted by Gasteiger charge is 2.34. The number of nitrogens with one attached hydrogen (secondary N) is 1. The molecule has 0 atom stereocenters. The summed E-state index contributed by atoms with van der Waals surface area (Å²) in [5.41, 5.74) is 0.232. The average Bonchev–Trinajstić information content (AvgIpc) is 2.78. The largest absolute Gasteiger partial charge is 0.477 e. The second-order valence-electron chi connectivity index (χ2n) is 5.63. The lowest BCUT2D eigenvalue weighted by Crippen LogP contribution is -2.39. The van der Waals surface area contributed by atoms with E-state index in [0.717, 1.165) is 37.0 Å². The number of thiazole rings is 1. The predicted molar refractivity (Wildman–Crippen MR) is 76.8 cm³/mol. The number of aromatic carboxylic acids is 1. The fraction of sp³-hybridized carbons (Fsp3) is 0.643. The number of hydrogen-bond acceptors (Lipinski definition) is 4. The summed E-state index contributed by atoms with van der Waals surface area (Å²) in [6, 6.07) is 0. The lowest BCUT2D eigenvalue weighted by Gasteiger charge is -2.31. The van der Waals surface area contributed by atoms with Gasteiger partial charge in [0.1, 0.15) is 9.88 Å². The third-order valence-corrected chi connectivity index (χ3v) is 5.09. The van der Waals surface area contributed by atoms with Crippen LogP contribution in [0.3, 0.4) is 0 Å². The molecule has 2 rings (SSSR count). The van der Waals surface area contributed by atoms with E-state index >= 15 is 0 Å². The van der Waals surface area contributed by atoms with Gasteiger partial charge in [0, 0.05) is 5.41 Å². The van der Waals surface area contributed by atoms with Crippen LogP contribution in [0.2, 0.25) is 0 Å². The second kappa shape index (κ2) is 5.91. The number of aryl methyl sites for hydroxylation is 1. The molecule has 1 heterocycles. The van der Waals surface area contributed by atoms with Crippen LogP contribution in [0.4, 0.5) is 0 Å². The van der Waals surface area contributed by atoms with Gasteiger partial charge in [0.25, 0.3) is 0 Å². The Kier molecular flexibility index (Phi) is 4.42. The van der Waals surface area contributed by atoms with Gasteiger partial charge in [0.05, 0.1) is 12.2 Å². The van der Waals surface area contributed by atoms with Crippen LogP contribution in [-0.2, 0) is 11.3 Å². The first-order valence-corrected chi connectivity index (χ1v) is 7.72. The van der Waals surface area contributed by atoms with Crippen molar-refractivity contribution in [3.63, 3.8) is 0 Å². The Hall–Kier alpha value is -1.43. The lowest BCUT2D eigenvalue weighted by molar-refractivity contribution is -0.132. The van der Waals surface area contributed by atoms with Crippen molar-refractivity contribution < 1.29 is 14.7 Å². The molecule has 5 nitrogen and oxygen atoms in total. The van der Waals surface area contributed by atoms with Crippen molar-refractivity contribution in [1.29, 1.82) is 0 Å². The van der Waals surface area contributed by atoms with Crippen molar-refractivity contribution in [2.45, 2.75) is 52.5 Å². The van der Waals surface area contributed by atoms with Crippen LogP contribution in [0.15, 0.2) is 0 Å². The minimum Gasteiger partial charge on any atom is -0.477 e. The molecule has 110 valence electrons. The monoisotopic (exact) mass is 296 g/mol. The van der Waals surface area contributed by atoms with E-state index in [0.29, 0.717) is 17.2 Å². The van der Waals surface area contributed by atoms with E-state index < -0.39 is 5.97 Å². The number of aromatic nitrogens is 1. The molecular formula is C14H20N2O3S. The Bertz CT molecular complexity index is 518. The second-order valence-corrected chi connectivity index (χ2v) is 6.71. The van der Waals surface area contributed by atoms with Gasteiger partial charge in [0.2, 0.25) is 5.91 Å². The van der Waals surface area contributed by atoms with E-state index in [2.05, 4.69) is 10.3 Å². The van der Waals surface area contributed by atoms with Crippen LogP contribution < -0.4 is 5.32 Å². The maximum absolute atomic E-state index is 12.3. The normalized spacial score (nSPS) is 17.7. The molecule has 0 spiro atoms. The minimum absolute atomic E-state index is 0.0573. The average molecular weight is 296 g/mol. The van der Waals surface area contributed by atoms with E-state index in [9.17, 15) is 9.59 Å². The Morgan fingerprint density at radius 2 is 2.00 bits per heavy atom. The van der Waals surface area contributed by atoms with Crippen LogP contribution in [0.25, 0.3) is 0 Å². The molecule has 1 aromatic rings. The van der Waals surface area contributed by atoms with Crippen molar-refractivity contribution in [3.8, 4) is 0 Å². The van der Waals surface area contributed by atoms with E-state index in [-0.39, 0.29) is 16.2 Å². The molecule has 0 bridgehead atoms. The molecule has 0 saturated heterocycles. The fourth-order valence-corrected chi connectivity index (χ4v) is 3.50. The maximum atomic E-state index is 12.3. The number of carbonyl (C=O) groups excluding carboxylic acids is 1. The molecular weight excluding hydrogens is 276 g/mol. The molecule has 2 N–H and O–H groups in total. The van der Waals surface area contributed by atoms with Crippen LogP contribution in [0.5, 0.6) is 0 Å². The highest BCUT2D eigenvalue weighted by molar-refractivity contribution is 7.13. The zero-order valence-electron chi connectivity index (χ0n) is 11.9. The zero-order chi connectivity index (χ0) is 14.8. The smallest absolute Gasteiger partial charge is 0.347 e. The van der Waals surface area contributed by atoms with Crippen molar-refractivity contribution in [1.82, 2.24) is 10.3 Å². The highest BCUT2D eigenvalue weighted by Crippen LogP contribution is 2.35. The summed E-state index contributed by atoms with van der Waals surface area (Å²) >= 11 is 1.13. The molecule has 0 unspecified atom stereocenters. The van der Waals surface area contributed by atoms with Gasteiger partial charge in [-0.15, -0.1) is 11.3 Å².